The van der Waals surface area contributed by atoms with Crippen molar-refractivity contribution in [2.45, 2.75) is 20.1 Å². The van der Waals surface area contributed by atoms with E-state index in [2.05, 4.69) is 5.32 Å². The van der Waals surface area contributed by atoms with Crippen molar-refractivity contribution in [3.8, 4) is 11.5 Å². The molecule has 0 fully saturated rings. The van der Waals surface area contributed by atoms with Crippen LogP contribution in [0.1, 0.15) is 18.1 Å². The molecule has 2 aromatic carbocycles. The third kappa shape index (κ3) is 8.37. The molecule has 0 radical (unpaired) electrons. The van der Waals surface area contributed by atoms with Crippen molar-refractivity contribution in [1.29, 1.82) is 0 Å². The first-order chi connectivity index (χ1) is 12.7. The molecule has 0 amide bonds. The molecule has 0 saturated carbocycles. The van der Waals surface area contributed by atoms with E-state index in [9.17, 15) is 0 Å². The molecule has 0 aliphatic heterocycles. The number of hydrogen-bond acceptors (Lipinski definition) is 5. The van der Waals surface area contributed by atoms with Gasteiger partial charge in [0.25, 0.3) is 0 Å². The van der Waals surface area contributed by atoms with Gasteiger partial charge in [0, 0.05) is 23.7 Å². The highest BCUT2D eigenvalue weighted by Crippen LogP contribution is 2.32. The molecule has 0 aromatic heterocycles. The minimum Gasteiger partial charge on any atom is -0.490 e. The van der Waals surface area contributed by atoms with E-state index < -0.39 is 0 Å². The highest BCUT2D eigenvalue weighted by Gasteiger charge is 2.11. The molecule has 27 heavy (non-hydrogen) atoms. The monoisotopic (exact) mass is 415 g/mol. The van der Waals surface area contributed by atoms with Crippen LogP contribution in [0.3, 0.4) is 0 Å². The van der Waals surface area contributed by atoms with Crippen molar-refractivity contribution >= 4 is 24.0 Å². The number of aliphatic hydroxyl groups is 1. The van der Waals surface area contributed by atoms with Gasteiger partial charge in [0.15, 0.2) is 11.5 Å². The van der Waals surface area contributed by atoms with E-state index in [1.807, 2.05) is 49.4 Å². The van der Waals surface area contributed by atoms with Crippen LogP contribution >= 0.6 is 24.0 Å². The van der Waals surface area contributed by atoms with Crippen LogP contribution in [0.4, 0.5) is 0 Å². The second-order valence-electron chi connectivity index (χ2n) is 5.61. The zero-order chi connectivity index (χ0) is 18.6. The number of nitrogens with one attached hydrogen (secondary N) is 1. The zero-order valence-electron chi connectivity index (χ0n) is 15.4. The van der Waals surface area contributed by atoms with E-state index in [4.69, 9.17) is 30.9 Å². The molecule has 0 atom stereocenters. The first-order valence-electron chi connectivity index (χ1n) is 8.75. The normalized spacial score (nSPS) is 10.3. The summed E-state index contributed by atoms with van der Waals surface area (Å²) in [5, 5.41) is 12.7. The Hall–Kier alpha value is -1.50. The van der Waals surface area contributed by atoms with Crippen LogP contribution < -0.4 is 14.8 Å². The van der Waals surface area contributed by atoms with Crippen LogP contribution in [0.2, 0.25) is 5.02 Å². The minimum atomic E-state index is 0. The summed E-state index contributed by atoms with van der Waals surface area (Å²) in [7, 11) is 0. The Bertz CT molecular complexity index is 653. The Kier molecular flexibility index (Phi) is 11.9. The van der Waals surface area contributed by atoms with Gasteiger partial charge in [-0.2, -0.15) is 0 Å². The second-order valence-corrected chi connectivity index (χ2v) is 6.04. The van der Waals surface area contributed by atoms with E-state index in [-0.39, 0.29) is 19.0 Å². The van der Waals surface area contributed by atoms with Crippen molar-refractivity contribution in [3.05, 3.63) is 58.6 Å². The van der Waals surface area contributed by atoms with Crippen molar-refractivity contribution in [3.63, 3.8) is 0 Å². The summed E-state index contributed by atoms with van der Waals surface area (Å²) in [6.07, 6.45) is 0. The summed E-state index contributed by atoms with van der Waals surface area (Å²) in [4.78, 5) is 0. The molecule has 150 valence electrons. The predicted molar refractivity (Wildman–Crippen MR) is 110 cm³/mol. The SMILES string of the molecule is CCOc1cccc(CNCCOCCO)c1OCc1ccc(Cl)cc1.Cl. The lowest BCUT2D eigenvalue weighted by Gasteiger charge is -2.16. The summed E-state index contributed by atoms with van der Waals surface area (Å²) >= 11 is 5.93. The smallest absolute Gasteiger partial charge is 0.166 e. The third-order valence-electron chi connectivity index (χ3n) is 3.63. The van der Waals surface area contributed by atoms with Crippen LogP contribution in [-0.4, -0.2) is 38.1 Å². The van der Waals surface area contributed by atoms with E-state index in [0.29, 0.717) is 44.5 Å². The number of rotatable bonds is 12. The number of halogens is 2. The Morgan fingerprint density at radius 1 is 1.04 bits per heavy atom. The Morgan fingerprint density at radius 3 is 2.52 bits per heavy atom. The number of ether oxygens (including phenoxy) is 3. The summed E-state index contributed by atoms with van der Waals surface area (Å²) in [6, 6.07) is 13.5. The van der Waals surface area contributed by atoms with E-state index in [0.717, 1.165) is 22.6 Å². The largest absolute Gasteiger partial charge is 0.490 e. The van der Waals surface area contributed by atoms with Gasteiger partial charge in [-0.15, -0.1) is 12.4 Å². The molecular weight excluding hydrogens is 389 g/mol. The van der Waals surface area contributed by atoms with Crippen molar-refractivity contribution in [1.82, 2.24) is 5.32 Å². The molecule has 2 rings (SSSR count). The first kappa shape index (κ1) is 23.5. The average molecular weight is 416 g/mol. The summed E-state index contributed by atoms with van der Waals surface area (Å²) in [5.74, 6) is 1.48. The maximum Gasteiger partial charge on any atom is 0.166 e. The molecule has 0 spiro atoms. The average Bonchev–Trinajstić information content (AvgIpc) is 2.65. The fraction of sp³-hybridized carbons (Fsp3) is 0.400. The van der Waals surface area contributed by atoms with Crippen LogP contribution in [0.15, 0.2) is 42.5 Å². The molecule has 0 aliphatic rings. The lowest BCUT2D eigenvalue weighted by Crippen LogP contribution is -2.20. The molecule has 0 unspecified atom stereocenters. The lowest BCUT2D eigenvalue weighted by molar-refractivity contribution is 0.0937. The molecule has 5 nitrogen and oxygen atoms in total. The molecule has 0 bridgehead atoms. The maximum atomic E-state index is 8.70. The van der Waals surface area contributed by atoms with Gasteiger partial charge in [0.2, 0.25) is 0 Å². The van der Waals surface area contributed by atoms with Crippen molar-refractivity contribution in [2.24, 2.45) is 0 Å². The van der Waals surface area contributed by atoms with Gasteiger partial charge in [0.1, 0.15) is 6.61 Å². The molecular formula is C20H27Cl2NO4. The van der Waals surface area contributed by atoms with Gasteiger partial charge in [0.05, 0.1) is 26.4 Å². The fourth-order valence-corrected chi connectivity index (χ4v) is 2.53. The maximum absolute atomic E-state index is 8.70. The standard InChI is InChI=1S/C20H26ClNO4.ClH/c1-2-25-19-5-3-4-17(14-22-10-12-24-13-11-23)20(19)26-15-16-6-8-18(21)9-7-16;/h3-9,22-23H,2,10-15H2,1H3;1H. The van der Waals surface area contributed by atoms with E-state index >= 15 is 0 Å². The summed E-state index contributed by atoms with van der Waals surface area (Å²) < 4.78 is 17.0. The minimum absolute atomic E-state index is 0. The predicted octanol–water partition coefficient (Wildman–Crippen LogP) is 3.84. The Morgan fingerprint density at radius 2 is 1.81 bits per heavy atom. The van der Waals surface area contributed by atoms with Gasteiger partial charge >= 0.3 is 0 Å². The quantitative estimate of drug-likeness (QED) is 0.515. The lowest BCUT2D eigenvalue weighted by atomic mass is 10.1. The van der Waals surface area contributed by atoms with Gasteiger partial charge in [-0.05, 0) is 30.7 Å². The molecule has 2 N–H and O–H groups in total. The van der Waals surface area contributed by atoms with E-state index in [1.165, 1.54) is 0 Å². The van der Waals surface area contributed by atoms with Gasteiger partial charge < -0.3 is 24.6 Å². The molecule has 2 aromatic rings. The van der Waals surface area contributed by atoms with Crippen LogP contribution in [0.5, 0.6) is 11.5 Å². The molecule has 0 aliphatic carbocycles. The molecule has 7 heteroatoms. The first-order valence-corrected chi connectivity index (χ1v) is 9.13. The van der Waals surface area contributed by atoms with Crippen LogP contribution in [0, 0.1) is 0 Å². The number of para-hydroxylation sites is 1. The van der Waals surface area contributed by atoms with Gasteiger partial charge in [-0.1, -0.05) is 35.9 Å². The topological polar surface area (TPSA) is 60.0 Å². The van der Waals surface area contributed by atoms with Crippen LogP contribution in [0.25, 0.3) is 0 Å². The number of benzene rings is 2. The van der Waals surface area contributed by atoms with Crippen molar-refractivity contribution in [2.75, 3.05) is 33.0 Å². The van der Waals surface area contributed by atoms with Crippen LogP contribution in [-0.2, 0) is 17.9 Å². The third-order valence-corrected chi connectivity index (χ3v) is 3.88. The Balaban J connectivity index is 0.00000364. The fourth-order valence-electron chi connectivity index (χ4n) is 2.40. The molecule has 0 saturated heterocycles. The summed E-state index contributed by atoms with van der Waals surface area (Å²) in [5.41, 5.74) is 2.06. The van der Waals surface area contributed by atoms with Crippen molar-refractivity contribution < 1.29 is 19.3 Å². The van der Waals surface area contributed by atoms with Gasteiger partial charge in [-0.3, -0.25) is 0 Å². The Labute approximate surface area is 172 Å². The van der Waals surface area contributed by atoms with Gasteiger partial charge in [-0.25, -0.2) is 0 Å². The highest BCUT2D eigenvalue weighted by molar-refractivity contribution is 6.30. The highest BCUT2D eigenvalue weighted by atomic mass is 35.5. The van der Waals surface area contributed by atoms with E-state index in [1.54, 1.807) is 0 Å². The zero-order valence-corrected chi connectivity index (χ0v) is 17.0. The number of aliphatic hydroxyl groups excluding tert-OH is 1. The second kappa shape index (κ2) is 13.6. The molecule has 0 heterocycles. The summed E-state index contributed by atoms with van der Waals surface area (Å²) in [6.45, 7) is 5.24. The number of hydrogen-bond donors (Lipinski definition) is 2.